The van der Waals surface area contributed by atoms with E-state index in [-0.39, 0.29) is 17.4 Å². The predicted molar refractivity (Wildman–Crippen MR) is 82.3 cm³/mol. The molecule has 1 atom stereocenters. The molecule has 2 fully saturated rings. The Morgan fingerprint density at radius 2 is 2.36 bits per heavy atom. The number of likely N-dealkylation sites (tertiary alicyclic amines) is 1. The molecule has 22 heavy (non-hydrogen) atoms. The van der Waals surface area contributed by atoms with Crippen LogP contribution in [-0.4, -0.2) is 62.3 Å². The van der Waals surface area contributed by atoms with Crippen molar-refractivity contribution in [3.05, 3.63) is 16.6 Å². The van der Waals surface area contributed by atoms with Crippen LogP contribution in [0, 0.1) is 5.92 Å². The molecule has 0 aromatic carbocycles. The first-order valence-electron chi connectivity index (χ1n) is 7.13. The maximum absolute atomic E-state index is 12.1. The Labute approximate surface area is 133 Å². The molecule has 2 aliphatic heterocycles. The highest BCUT2D eigenvalue weighted by molar-refractivity contribution is 7.88. The Morgan fingerprint density at radius 1 is 1.59 bits per heavy atom. The highest BCUT2D eigenvalue weighted by Crippen LogP contribution is 2.36. The molecule has 0 aliphatic carbocycles. The van der Waals surface area contributed by atoms with Gasteiger partial charge in [0.25, 0.3) is 5.91 Å². The van der Waals surface area contributed by atoms with Crippen LogP contribution in [0.3, 0.4) is 0 Å². The van der Waals surface area contributed by atoms with Crippen molar-refractivity contribution in [3.63, 3.8) is 0 Å². The number of rotatable bonds is 4. The molecule has 0 saturated carbocycles. The SMILES string of the molecule is CS(=O)(=O)NC[C@@H]1CCC2(CN(C(=O)c3cscn3)C2)OC1. The number of carbonyl (C=O) groups excluding carboxylic acids is 1. The van der Waals surface area contributed by atoms with Crippen molar-refractivity contribution in [2.24, 2.45) is 5.92 Å². The summed E-state index contributed by atoms with van der Waals surface area (Å²) in [6, 6.07) is 0. The van der Waals surface area contributed by atoms with E-state index in [1.54, 1.807) is 15.8 Å². The molecule has 3 heterocycles. The monoisotopic (exact) mass is 345 g/mol. The minimum atomic E-state index is -3.15. The van der Waals surface area contributed by atoms with E-state index in [4.69, 9.17) is 4.74 Å². The third kappa shape index (κ3) is 3.48. The van der Waals surface area contributed by atoms with Crippen molar-refractivity contribution in [2.75, 3.05) is 32.5 Å². The molecule has 0 radical (unpaired) electrons. The molecule has 3 rings (SSSR count). The smallest absolute Gasteiger partial charge is 0.273 e. The lowest BCUT2D eigenvalue weighted by Gasteiger charge is -2.52. The second kappa shape index (κ2) is 5.88. The molecule has 1 aromatic heterocycles. The number of ether oxygens (including phenoxy) is 1. The average molecular weight is 345 g/mol. The Morgan fingerprint density at radius 3 is 2.91 bits per heavy atom. The van der Waals surface area contributed by atoms with Crippen LogP contribution in [-0.2, 0) is 14.8 Å². The van der Waals surface area contributed by atoms with Gasteiger partial charge < -0.3 is 9.64 Å². The van der Waals surface area contributed by atoms with Crippen molar-refractivity contribution >= 4 is 27.3 Å². The van der Waals surface area contributed by atoms with Gasteiger partial charge >= 0.3 is 0 Å². The van der Waals surface area contributed by atoms with Crippen LogP contribution in [0.4, 0.5) is 0 Å². The molecular formula is C13H19N3O4S2. The number of hydrogen-bond donors (Lipinski definition) is 1. The number of nitrogens with zero attached hydrogens (tertiary/aromatic N) is 2. The van der Waals surface area contributed by atoms with E-state index >= 15 is 0 Å². The first-order chi connectivity index (χ1) is 10.4. The molecule has 1 spiro atoms. The number of sulfonamides is 1. The average Bonchev–Trinajstić information content (AvgIpc) is 2.96. The summed E-state index contributed by atoms with van der Waals surface area (Å²) in [5.41, 5.74) is 1.90. The highest BCUT2D eigenvalue weighted by atomic mass is 32.2. The van der Waals surface area contributed by atoms with E-state index in [2.05, 4.69) is 9.71 Å². The number of thiazole rings is 1. The minimum absolute atomic E-state index is 0.0451. The number of aromatic nitrogens is 1. The van der Waals surface area contributed by atoms with Gasteiger partial charge in [-0.25, -0.2) is 18.1 Å². The van der Waals surface area contributed by atoms with Crippen LogP contribution in [0.5, 0.6) is 0 Å². The van der Waals surface area contributed by atoms with Gasteiger partial charge in [-0.1, -0.05) is 0 Å². The molecule has 1 N–H and O–H groups in total. The fourth-order valence-electron chi connectivity index (χ4n) is 2.87. The van der Waals surface area contributed by atoms with Gasteiger partial charge in [0.2, 0.25) is 10.0 Å². The van der Waals surface area contributed by atoms with Gasteiger partial charge in [0.15, 0.2) is 0 Å². The lowest BCUT2D eigenvalue weighted by atomic mass is 9.83. The summed E-state index contributed by atoms with van der Waals surface area (Å²) in [6.45, 7) is 2.13. The van der Waals surface area contributed by atoms with Gasteiger partial charge in [-0.15, -0.1) is 11.3 Å². The molecule has 1 aromatic rings. The van der Waals surface area contributed by atoms with Gasteiger partial charge in [-0.3, -0.25) is 4.79 Å². The van der Waals surface area contributed by atoms with Crippen LogP contribution in [0.25, 0.3) is 0 Å². The highest BCUT2D eigenvalue weighted by Gasteiger charge is 2.48. The zero-order valence-electron chi connectivity index (χ0n) is 12.3. The van der Waals surface area contributed by atoms with Gasteiger partial charge in [0.05, 0.1) is 31.5 Å². The van der Waals surface area contributed by atoms with E-state index in [0.29, 0.717) is 31.9 Å². The summed E-state index contributed by atoms with van der Waals surface area (Å²) in [5, 5.41) is 1.75. The molecule has 0 unspecified atom stereocenters. The molecule has 2 aliphatic rings. The van der Waals surface area contributed by atoms with Crippen LogP contribution >= 0.6 is 11.3 Å². The summed E-state index contributed by atoms with van der Waals surface area (Å²) in [6.07, 6.45) is 2.91. The summed E-state index contributed by atoms with van der Waals surface area (Å²) in [4.78, 5) is 17.9. The van der Waals surface area contributed by atoms with E-state index < -0.39 is 10.0 Å². The molecule has 7 nitrogen and oxygen atoms in total. The lowest BCUT2D eigenvalue weighted by Crippen LogP contribution is -2.66. The molecular weight excluding hydrogens is 326 g/mol. The Kier molecular flexibility index (Phi) is 4.23. The predicted octanol–water partition coefficient (Wildman–Crippen LogP) is 0.313. The van der Waals surface area contributed by atoms with Crippen molar-refractivity contribution in [2.45, 2.75) is 18.4 Å². The zero-order chi connectivity index (χ0) is 15.8. The molecule has 2 saturated heterocycles. The third-order valence-electron chi connectivity index (χ3n) is 4.16. The maximum atomic E-state index is 12.1. The van der Waals surface area contributed by atoms with Crippen molar-refractivity contribution in [1.82, 2.24) is 14.6 Å². The normalized spacial score (nSPS) is 24.2. The number of nitrogens with one attached hydrogen (secondary N) is 1. The second-order valence-electron chi connectivity index (χ2n) is 6.05. The maximum Gasteiger partial charge on any atom is 0.273 e. The standard InChI is InChI=1S/C13H19N3O4S2/c1-22(18,19)15-4-10-2-3-13(20-5-10)7-16(8-13)12(17)11-6-21-9-14-11/h6,9-10,15H,2-5,7-8H2,1H3/t10-/m0/s1. The van der Waals surface area contributed by atoms with Crippen LogP contribution in [0.1, 0.15) is 23.3 Å². The third-order valence-corrected chi connectivity index (χ3v) is 5.44. The largest absolute Gasteiger partial charge is 0.371 e. The van der Waals surface area contributed by atoms with Gasteiger partial charge in [-0.2, -0.15) is 0 Å². The number of amides is 1. The Balaban J connectivity index is 1.46. The van der Waals surface area contributed by atoms with Crippen LogP contribution in [0.15, 0.2) is 10.9 Å². The van der Waals surface area contributed by atoms with Crippen molar-refractivity contribution in [3.8, 4) is 0 Å². The minimum Gasteiger partial charge on any atom is -0.371 e. The summed E-state index contributed by atoms with van der Waals surface area (Å²) in [5.74, 6) is 0.153. The number of hydrogen-bond acceptors (Lipinski definition) is 6. The van der Waals surface area contributed by atoms with Gasteiger partial charge in [0, 0.05) is 11.9 Å². The molecule has 0 bridgehead atoms. The zero-order valence-corrected chi connectivity index (χ0v) is 14.0. The van der Waals surface area contributed by atoms with Crippen LogP contribution < -0.4 is 4.72 Å². The number of carbonyl (C=O) groups is 1. The van der Waals surface area contributed by atoms with E-state index in [1.165, 1.54) is 11.3 Å². The molecule has 122 valence electrons. The topological polar surface area (TPSA) is 88.6 Å². The van der Waals surface area contributed by atoms with E-state index in [1.807, 2.05) is 0 Å². The Bertz CT molecular complexity index is 628. The lowest BCUT2D eigenvalue weighted by molar-refractivity contribution is -0.166. The van der Waals surface area contributed by atoms with Crippen LogP contribution in [0.2, 0.25) is 0 Å². The molecule has 9 heteroatoms. The quantitative estimate of drug-likeness (QED) is 0.849. The summed E-state index contributed by atoms with van der Waals surface area (Å²) < 4.78 is 30.6. The first-order valence-corrected chi connectivity index (χ1v) is 9.96. The van der Waals surface area contributed by atoms with Gasteiger partial charge in [-0.05, 0) is 18.8 Å². The second-order valence-corrected chi connectivity index (χ2v) is 8.61. The van der Waals surface area contributed by atoms with E-state index in [9.17, 15) is 13.2 Å². The Hall–Kier alpha value is -1.03. The first kappa shape index (κ1) is 15.9. The fourth-order valence-corrected chi connectivity index (χ4v) is 3.93. The summed E-state index contributed by atoms with van der Waals surface area (Å²) in [7, 11) is -3.15. The van der Waals surface area contributed by atoms with E-state index in [0.717, 1.165) is 19.1 Å². The fraction of sp³-hybridized carbons (Fsp3) is 0.692. The molecule has 1 amide bonds. The van der Waals surface area contributed by atoms with Gasteiger partial charge in [0.1, 0.15) is 11.3 Å². The van der Waals surface area contributed by atoms with Crippen molar-refractivity contribution in [1.29, 1.82) is 0 Å². The summed E-state index contributed by atoms with van der Waals surface area (Å²) >= 11 is 1.41. The van der Waals surface area contributed by atoms with Crippen molar-refractivity contribution < 1.29 is 17.9 Å².